The third kappa shape index (κ3) is 4.83. The van der Waals surface area contributed by atoms with Crippen LogP contribution in [0, 0.1) is 0 Å². The van der Waals surface area contributed by atoms with Gasteiger partial charge in [-0.15, -0.1) is 0 Å². The first-order valence-corrected chi connectivity index (χ1v) is 11.6. The summed E-state index contributed by atoms with van der Waals surface area (Å²) in [6, 6.07) is 15.6. The summed E-state index contributed by atoms with van der Waals surface area (Å²) in [4.78, 5) is 5.02. The van der Waals surface area contributed by atoms with E-state index < -0.39 is 9.84 Å². The lowest BCUT2D eigenvalue weighted by molar-refractivity contribution is 0.595. The molecular formula is C22H30N2O2S. The van der Waals surface area contributed by atoms with E-state index in [1.165, 1.54) is 18.5 Å². The van der Waals surface area contributed by atoms with Crippen molar-refractivity contribution >= 4 is 21.2 Å². The van der Waals surface area contributed by atoms with Crippen molar-refractivity contribution in [1.29, 1.82) is 0 Å². The number of nitrogens with zero attached hydrogens (tertiary/aromatic N) is 2. The Hall–Kier alpha value is -2.01. The first kappa shape index (κ1) is 19.7. The Morgan fingerprint density at radius 1 is 0.889 bits per heavy atom. The molecule has 2 aromatic rings. The number of rotatable bonds is 8. The van der Waals surface area contributed by atoms with E-state index in [4.69, 9.17) is 0 Å². The van der Waals surface area contributed by atoms with E-state index in [0.29, 0.717) is 11.3 Å². The summed E-state index contributed by atoms with van der Waals surface area (Å²) in [5, 5.41) is 0. The Morgan fingerprint density at radius 2 is 1.48 bits per heavy atom. The van der Waals surface area contributed by atoms with Gasteiger partial charge in [0.05, 0.1) is 10.6 Å². The SMILES string of the molecule is CCN(CC)c1ccc(CCS(=O)(=O)c2ccc(N3CCCC3)cc2)cc1. The number of anilines is 2. The van der Waals surface area contributed by atoms with Gasteiger partial charge < -0.3 is 9.80 Å². The zero-order chi connectivity index (χ0) is 19.3. The van der Waals surface area contributed by atoms with Crippen LogP contribution in [-0.4, -0.2) is 40.3 Å². The van der Waals surface area contributed by atoms with E-state index in [0.717, 1.165) is 37.4 Å². The van der Waals surface area contributed by atoms with Crippen molar-refractivity contribution in [1.82, 2.24) is 0 Å². The van der Waals surface area contributed by atoms with Crippen LogP contribution in [-0.2, 0) is 16.3 Å². The van der Waals surface area contributed by atoms with Gasteiger partial charge in [0.15, 0.2) is 9.84 Å². The number of aryl methyl sites for hydroxylation is 1. The molecule has 0 aliphatic carbocycles. The molecule has 0 radical (unpaired) electrons. The van der Waals surface area contributed by atoms with Crippen molar-refractivity contribution in [2.75, 3.05) is 41.7 Å². The largest absolute Gasteiger partial charge is 0.372 e. The second-order valence-electron chi connectivity index (χ2n) is 7.10. The van der Waals surface area contributed by atoms with Crippen molar-refractivity contribution in [3.63, 3.8) is 0 Å². The van der Waals surface area contributed by atoms with Crippen molar-refractivity contribution in [3.8, 4) is 0 Å². The first-order chi connectivity index (χ1) is 13.0. The van der Waals surface area contributed by atoms with Gasteiger partial charge in [-0.05, 0) is 75.1 Å². The van der Waals surface area contributed by atoms with Crippen LogP contribution in [0.5, 0.6) is 0 Å². The van der Waals surface area contributed by atoms with Gasteiger partial charge in [0, 0.05) is 37.6 Å². The van der Waals surface area contributed by atoms with Crippen LogP contribution in [0.3, 0.4) is 0 Å². The Kier molecular flexibility index (Phi) is 6.42. The lowest BCUT2D eigenvalue weighted by Crippen LogP contribution is -2.21. The molecule has 2 aromatic carbocycles. The van der Waals surface area contributed by atoms with Gasteiger partial charge >= 0.3 is 0 Å². The molecule has 0 unspecified atom stereocenters. The van der Waals surface area contributed by atoms with Crippen molar-refractivity contribution < 1.29 is 8.42 Å². The van der Waals surface area contributed by atoms with Crippen LogP contribution in [0.1, 0.15) is 32.3 Å². The van der Waals surface area contributed by atoms with Gasteiger partial charge in [0.25, 0.3) is 0 Å². The fourth-order valence-electron chi connectivity index (χ4n) is 3.67. The third-order valence-corrected chi connectivity index (χ3v) is 7.12. The fraction of sp³-hybridized carbons (Fsp3) is 0.455. The molecule has 27 heavy (non-hydrogen) atoms. The minimum absolute atomic E-state index is 0.140. The zero-order valence-electron chi connectivity index (χ0n) is 16.4. The molecule has 1 aliphatic heterocycles. The molecule has 0 aromatic heterocycles. The summed E-state index contributed by atoms with van der Waals surface area (Å²) in [6.45, 7) is 8.35. The molecule has 0 amide bonds. The van der Waals surface area contributed by atoms with E-state index in [2.05, 4.69) is 35.8 Å². The summed E-state index contributed by atoms with van der Waals surface area (Å²) >= 11 is 0. The summed E-state index contributed by atoms with van der Waals surface area (Å²) < 4.78 is 25.4. The fourth-order valence-corrected chi connectivity index (χ4v) is 4.96. The van der Waals surface area contributed by atoms with E-state index in [1.54, 1.807) is 12.1 Å². The molecule has 5 heteroatoms. The molecule has 4 nitrogen and oxygen atoms in total. The Morgan fingerprint density at radius 3 is 2.04 bits per heavy atom. The number of hydrogen-bond acceptors (Lipinski definition) is 4. The summed E-state index contributed by atoms with van der Waals surface area (Å²) in [5.74, 6) is 0.140. The average Bonchev–Trinajstić information content (AvgIpc) is 3.23. The van der Waals surface area contributed by atoms with Crippen LogP contribution >= 0.6 is 0 Å². The first-order valence-electron chi connectivity index (χ1n) is 9.95. The van der Waals surface area contributed by atoms with E-state index in [1.807, 2.05) is 24.3 Å². The maximum atomic E-state index is 12.7. The molecule has 146 valence electrons. The second kappa shape index (κ2) is 8.79. The quantitative estimate of drug-likeness (QED) is 0.683. The van der Waals surface area contributed by atoms with Crippen LogP contribution < -0.4 is 9.80 Å². The van der Waals surface area contributed by atoms with Gasteiger partial charge in [-0.1, -0.05) is 12.1 Å². The monoisotopic (exact) mass is 386 g/mol. The molecule has 0 saturated carbocycles. The minimum atomic E-state index is -3.26. The molecule has 0 atom stereocenters. The van der Waals surface area contributed by atoms with Crippen LogP contribution in [0.25, 0.3) is 0 Å². The van der Waals surface area contributed by atoms with Gasteiger partial charge in [0.2, 0.25) is 0 Å². The van der Waals surface area contributed by atoms with Crippen molar-refractivity contribution in [2.24, 2.45) is 0 Å². The molecule has 0 N–H and O–H groups in total. The highest BCUT2D eigenvalue weighted by Gasteiger charge is 2.17. The maximum absolute atomic E-state index is 12.7. The number of benzene rings is 2. The van der Waals surface area contributed by atoms with Crippen LogP contribution in [0.2, 0.25) is 0 Å². The highest BCUT2D eigenvalue weighted by Crippen LogP contribution is 2.23. The maximum Gasteiger partial charge on any atom is 0.178 e. The molecular weight excluding hydrogens is 356 g/mol. The summed E-state index contributed by atoms with van der Waals surface area (Å²) in [6.07, 6.45) is 2.97. The normalized spacial score (nSPS) is 14.5. The minimum Gasteiger partial charge on any atom is -0.372 e. The van der Waals surface area contributed by atoms with Gasteiger partial charge in [-0.2, -0.15) is 0 Å². The van der Waals surface area contributed by atoms with E-state index >= 15 is 0 Å². The predicted octanol–water partition coefficient (Wildman–Crippen LogP) is 4.15. The Bertz CT molecular complexity index is 820. The zero-order valence-corrected chi connectivity index (χ0v) is 17.2. The third-order valence-electron chi connectivity index (χ3n) is 5.39. The number of sulfone groups is 1. The molecule has 3 rings (SSSR count). The Labute approximate surface area is 163 Å². The highest BCUT2D eigenvalue weighted by molar-refractivity contribution is 7.91. The Balaban J connectivity index is 1.62. The lowest BCUT2D eigenvalue weighted by Gasteiger charge is -2.21. The average molecular weight is 387 g/mol. The van der Waals surface area contributed by atoms with Crippen molar-refractivity contribution in [2.45, 2.75) is 38.0 Å². The van der Waals surface area contributed by atoms with Gasteiger partial charge in [-0.3, -0.25) is 0 Å². The van der Waals surface area contributed by atoms with E-state index in [9.17, 15) is 8.42 Å². The standard InChI is InChI=1S/C22H30N2O2S/c1-3-23(4-2)20-9-7-19(8-10-20)15-18-27(25,26)22-13-11-21(12-14-22)24-16-5-6-17-24/h7-14H,3-6,15-18H2,1-2H3. The molecule has 0 spiro atoms. The topological polar surface area (TPSA) is 40.6 Å². The molecule has 1 saturated heterocycles. The summed E-state index contributed by atoms with van der Waals surface area (Å²) in [7, 11) is -3.26. The molecule has 1 heterocycles. The smallest absolute Gasteiger partial charge is 0.178 e. The second-order valence-corrected chi connectivity index (χ2v) is 9.20. The van der Waals surface area contributed by atoms with Gasteiger partial charge in [0.1, 0.15) is 0 Å². The highest BCUT2D eigenvalue weighted by atomic mass is 32.2. The van der Waals surface area contributed by atoms with Crippen LogP contribution in [0.15, 0.2) is 53.4 Å². The molecule has 1 fully saturated rings. The summed E-state index contributed by atoms with van der Waals surface area (Å²) in [5.41, 5.74) is 3.37. The lowest BCUT2D eigenvalue weighted by atomic mass is 10.1. The van der Waals surface area contributed by atoms with Crippen LogP contribution in [0.4, 0.5) is 11.4 Å². The van der Waals surface area contributed by atoms with Crippen molar-refractivity contribution in [3.05, 3.63) is 54.1 Å². The van der Waals surface area contributed by atoms with Gasteiger partial charge in [-0.25, -0.2) is 8.42 Å². The number of hydrogen-bond donors (Lipinski definition) is 0. The predicted molar refractivity (Wildman–Crippen MR) is 114 cm³/mol. The molecule has 1 aliphatic rings. The molecule has 0 bridgehead atoms. The van der Waals surface area contributed by atoms with E-state index in [-0.39, 0.29) is 5.75 Å².